The fourth-order valence-electron chi connectivity index (χ4n) is 3.40. The molecular weight excluding hydrogens is 238 g/mol. The van der Waals surface area contributed by atoms with Gasteiger partial charge >= 0.3 is 0 Å². The highest BCUT2D eigenvalue weighted by Gasteiger charge is 2.42. The molecule has 3 atom stereocenters. The molecule has 1 saturated heterocycles. The first-order valence-electron chi connectivity index (χ1n) is 7.21. The van der Waals surface area contributed by atoms with E-state index in [0.717, 1.165) is 18.8 Å². The van der Waals surface area contributed by atoms with Crippen molar-refractivity contribution >= 4 is 0 Å². The van der Waals surface area contributed by atoms with E-state index >= 15 is 0 Å². The molecule has 1 aromatic rings. The molecule has 104 valence electrons. The van der Waals surface area contributed by atoms with Crippen molar-refractivity contribution < 1.29 is 4.74 Å². The Kier molecular flexibility index (Phi) is 3.82. The van der Waals surface area contributed by atoms with E-state index in [0.29, 0.717) is 24.5 Å². The van der Waals surface area contributed by atoms with Crippen LogP contribution in [-0.4, -0.2) is 36.2 Å². The van der Waals surface area contributed by atoms with Gasteiger partial charge in [0.2, 0.25) is 0 Å². The first kappa shape index (κ1) is 13.0. The maximum absolute atomic E-state index is 6.19. The van der Waals surface area contributed by atoms with Crippen LogP contribution in [0.5, 0.6) is 0 Å². The topological polar surface area (TPSA) is 37.4 Å². The summed E-state index contributed by atoms with van der Waals surface area (Å²) in [6, 6.07) is 4.17. The van der Waals surface area contributed by atoms with E-state index in [4.69, 9.17) is 4.74 Å². The average Bonchev–Trinajstić information content (AvgIpc) is 2.67. The SMILES string of the molecule is CNN1C[C@H]2CC[C@@H](C1)[C@H]2OCc1ccc(C)nc1. The first-order valence-corrected chi connectivity index (χ1v) is 7.21. The number of hydrazine groups is 1. The van der Waals surface area contributed by atoms with Crippen molar-refractivity contribution in [1.29, 1.82) is 0 Å². The van der Waals surface area contributed by atoms with Gasteiger partial charge in [0.1, 0.15) is 0 Å². The summed E-state index contributed by atoms with van der Waals surface area (Å²) < 4.78 is 6.19. The number of nitrogens with zero attached hydrogens (tertiary/aromatic N) is 2. The second-order valence-electron chi connectivity index (χ2n) is 5.81. The number of fused-ring (bicyclic) bond motifs is 2. The lowest BCUT2D eigenvalue weighted by Crippen LogP contribution is -2.50. The van der Waals surface area contributed by atoms with Gasteiger partial charge in [-0.25, -0.2) is 5.01 Å². The van der Waals surface area contributed by atoms with Gasteiger partial charge in [0.05, 0.1) is 12.7 Å². The summed E-state index contributed by atoms with van der Waals surface area (Å²) in [6.07, 6.45) is 4.98. The van der Waals surface area contributed by atoms with E-state index in [1.165, 1.54) is 18.4 Å². The molecule has 4 nitrogen and oxygen atoms in total. The highest BCUT2D eigenvalue weighted by Crippen LogP contribution is 2.38. The van der Waals surface area contributed by atoms with Gasteiger partial charge in [-0.2, -0.15) is 0 Å². The number of rotatable bonds is 4. The molecular formula is C15H23N3O. The monoisotopic (exact) mass is 261 g/mol. The molecule has 0 spiro atoms. The molecule has 1 aromatic heterocycles. The van der Waals surface area contributed by atoms with E-state index in [9.17, 15) is 0 Å². The molecule has 0 unspecified atom stereocenters. The van der Waals surface area contributed by atoms with E-state index in [1.807, 2.05) is 20.2 Å². The standard InChI is InChI=1S/C15H23N3O/c1-11-3-4-12(7-17-11)10-19-15-13-5-6-14(15)9-18(8-13)16-2/h3-4,7,13-16H,5-6,8-10H2,1-2H3/t13-,14+,15+. The summed E-state index contributed by atoms with van der Waals surface area (Å²) in [5.41, 5.74) is 5.52. The molecule has 2 aliphatic rings. The van der Waals surface area contributed by atoms with Crippen LogP contribution in [0.15, 0.2) is 18.3 Å². The third kappa shape index (κ3) is 2.81. The first-order chi connectivity index (χ1) is 9.26. The Balaban J connectivity index is 1.58. The quantitative estimate of drug-likeness (QED) is 0.896. The van der Waals surface area contributed by atoms with Crippen LogP contribution >= 0.6 is 0 Å². The van der Waals surface area contributed by atoms with Gasteiger partial charge in [-0.1, -0.05) is 6.07 Å². The Bertz CT molecular complexity index is 406. The molecule has 0 amide bonds. The predicted octanol–water partition coefficient (Wildman–Crippen LogP) is 1.75. The average molecular weight is 261 g/mol. The number of aryl methyl sites for hydroxylation is 1. The number of nitrogens with one attached hydrogen (secondary N) is 1. The van der Waals surface area contributed by atoms with Crippen molar-refractivity contribution in [3.63, 3.8) is 0 Å². The molecule has 1 saturated carbocycles. The molecule has 1 N–H and O–H groups in total. The van der Waals surface area contributed by atoms with Gasteiger partial charge in [-0.05, 0) is 50.3 Å². The molecule has 1 aliphatic heterocycles. The van der Waals surface area contributed by atoms with Gasteiger partial charge in [-0.3, -0.25) is 10.4 Å². The summed E-state index contributed by atoms with van der Waals surface area (Å²) in [5.74, 6) is 1.37. The fraction of sp³-hybridized carbons (Fsp3) is 0.667. The second-order valence-corrected chi connectivity index (χ2v) is 5.81. The van der Waals surface area contributed by atoms with Gasteiger partial charge in [0.15, 0.2) is 0 Å². The highest BCUT2D eigenvalue weighted by atomic mass is 16.5. The summed E-state index contributed by atoms with van der Waals surface area (Å²) in [4.78, 5) is 4.32. The Hall–Kier alpha value is -0.970. The molecule has 4 heteroatoms. The highest BCUT2D eigenvalue weighted by molar-refractivity contribution is 5.12. The van der Waals surface area contributed by atoms with Crippen LogP contribution in [0.25, 0.3) is 0 Å². The number of piperidine rings is 1. The Morgan fingerprint density at radius 1 is 1.32 bits per heavy atom. The molecule has 2 fully saturated rings. The number of hydrogen-bond donors (Lipinski definition) is 1. The number of pyridine rings is 1. The molecule has 3 rings (SSSR count). The van der Waals surface area contributed by atoms with Crippen LogP contribution in [0, 0.1) is 18.8 Å². The normalized spacial score (nSPS) is 30.7. The third-order valence-corrected chi connectivity index (χ3v) is 4.48. The van der Waals surface area contributed by atoms with Crippen LogP contribution in [0.2, 0.25) is 0 Å². The fourth-order valence-corrected chi connectivity index (χ4v) is 3.40. The lowest BCUT2D eigenvalue weighted by atomic mass is 9.96. The molecule has 0 radical (unpaired) electrons. The predicted molar refractivity (Wildman–Crippen MR) is 74.4 cm³/mol. The van der Waals surface area contributed by atoms with Crippen molar-refractivity contribution in [2.45, 2.75) is 32.5 Å². The largest absolute Gasteiger partial charge is 0.373 e. The van der Waals surface area contributed by atoms with Crippen LogP contribution in [0.3, 0.4) is 0 Å². The Morgan fingerprint density at radius 2 is 2.05 bits per heavy atom. The minimum atomic E-state index is 0.436. The maximum Gasteiger partial charge on any atom is 0.0735 e. The second kappa shape index (κ2) is 5.57. The zero-order chi connectivity index (χ0) is 13.2. The summed E-state index contributed by atoms with van der Waals surface area (Å²) in [6.45, 7) is 4.94. The van der Waals surface area contributed by atoms with Gasteiger partial charge in [-0.15, -0.1) is 0 Å². The van der Waals surface area contributed by atoms with E-state index in [2.05, 4.69) is 27.6 Å². The van der Waals surface area contributed by atoms with Crippen LogP contribution < -0.4 is 5.43 Å². The van der Waals surface area contributed by atoms with Gasteiger partial charge < -0.3 is 4.74 Å². The zero-order valence-electron chi connectivity index (χ0n) is 11.8. The van der Waals surface area contributed by atoms with Crippen molar-refractivity contribution in [2.24, 2.45) is 11.8 Å². The molecule has 2 bridgehead atoms. The smallest absolute Gasteiger partial charge is 0.0735 e. The summed E-state index contributed by atoms with van der Waals surface area (Å²) >= 11 is 0. The van der Waals surface area contributed by atoms with Crippen LogP contribution in [0.4, 0.5) is 0 Å². The summed E-state index contributed by atoms with van der Waals surface area (Å²) in [7, 11) is 2.01. The van der Waals surface area contributed by atoms with E-state index in [-0.39, 0.29) is 0 Å². The van der Waals surface area contributed by atoms with Crippen molar-refractivity contribution in [3.8, 4) is 0 Å². The zero-order valence-corrected chi connectivity index (χ0v) is 11.8. The molecule has 19 heavy (non-hydrogen) atoms. The van der Waals surface area contributed by atoms with Crippen molar-refractivity contribution in [3.05, 3.63) is 29.6 Å². The van der Waals surface area contributed by atoms with Crippen molar-refractivity contribution in [2.75, 3.05) is 20.1 Å². The number of hydrogen-bond acceptors (Lipinski definition) is 4. The molecule has 2 heterocycles. The Labute approximate surface area is 115 Å². The molecule has 1 aliphatic carbocycles. The lowest BCUT2D eigenvalue weighted by Gasteiger charge is -2.37. The maximum atomic E-state index is 6.19. The summed E-state index contributed by atoms with van der Waals surface area (Å²) in [5, 5.41) is 2.33. The minimum Gasteiger partial charge on any atom is -0.373 e. The van der Waals surface area contributed by atoms with Crippen molar-refractivity contribution in [1.82, 2.24) is 15.4 Å². The Morgan fingerprint density at radius 3 is 2.63 bits per heavy atom. The van der Waals surface area contributed by atoms with Crippen LogP contribution in [0.1, 0.15) is 24.1 Å². The number of aromatic nitrogens is 1. The third-order valence-electron chi connectivity index (χ3n) is 4.48. The van der Waals surface area contributed by atoms with E-state index < -0.39 is 0 Å². The number of ether oxygens (including phenoxy) is 1. The molecule has 0 aromatic carbocycles. The van der Waals surface area contributed by atoms with Gasteiger partial charge in [0, 0.05) is 25.0 Å². The van der Waals surface area contributed by atoms with Crippen LogP contribution in [-0.2, 0) is 11.3 Å². The van der Waals surface area contributed by atoms with Gasteiger partial charge in [0.25, 0.3) is 0 Å². The lowest BCUT2D eigenvalue weighted by molar-refractivity contribution is -0.0597. The van der Waals surface area contributed by atoms with E-state index in [1.54, 1.807) is 0 Å². The minimum absolute atomic E-state index is 0.436.